The summed E-state index contributed by atoms with van der Waals surface area (Å²) in [6, 6.07) is 18.3. The summed E-state index contributed by atoms with van der Waals surface area (Å²) >= 11 is 5.96. The van der Waals surface area contributed by atoms with Crippen LogP contribution in [0.2, 0.25) is 5.02 Å². The highest BCUT2D eigenvalue weighted by Gasteiger charge is 2.32. The van der Waals surface area contributed by atoms with Crippen LogP contribution in [0, 0.1) is 5.82 Å². The lowest BCUT2D eigenvalue weighted by molar-refractivity contribution is -0.139. The van der Waals surface area contributed by atoms with Crippen LogP contribution in [0.5, 0.6) is 0 Å². The fourth-order valence-electron chi connectivity index (χ4n) is 3.43. The number of benzene rings is 3. The lowest BCUT2D eigenvalue weighted by Gasteiger charge is -2.31. The first kappa shape index (κ1) is 26.2. The average Bonchev–Trinajstić information content (AvgIpc) is 2.87. The second-order valence-corrected chi connectivity index (χ2v) is 10.0. The molecule has 1 atom stereocenters. The van der Waals surface area contributed by atoms with Gasteiger partial charge in [-0.1, -0.05) is 41.9 Å². The minimum atomic E-state index is -4.18. The molecule has 0 saturated heterocycles. The molecule has 3 aromatic carbocycles. The van der Waals surface area contributed by atoms with Crippen LogP contribution < -0.4 is 9.62 Å². The summed E-state index contributed by atoms with van der Waals surface area (Å²) in [5.41, 5.74) is 0.820. The van der Waals surface area contributed by atoms with Crippen molar-refractivity contribution in [1.82, 2.24) is 10.2 Å². The highest BCUT2D eigenvalue weighted by Crippen LogP contribution is 2.25. The van der Waals surface area contributed by atoms with Gasteiger partial charge in [0.25, 0.3) is 10.0 Å². The molecule has 184 valence electrons. The van der Waals surface area contributed by atoms with Gasteiger partial charge in [-0.15, -0.1) is 0 Å². The summed E-state index contributed by atoms with van der Waals surface area (Å²) in [4.78, 5) is 27.2. The number of halogens is 2. The van der Waals surface area contributed by atoms with E-state index in [1.807, 2.05) is 0 Å². The number of sulfonamides is 1. The lowest BCUT2D eigenvalue weighted by atomic mass is 10.1. The Morgan fingerprint density at radius 2 is 1.57 bits per heavy atom. The first-order valence-corrected chi connectivity index (χ1v) is 12.5. The molecule has 0 heterocycles. The zero-order valence-electron chi connectivity index (χ0n) is 19.2. The second-order valence-electron chi connectivity index (χ2n) is 7.74. The van der Waals surface area contributed by atoms with Crippen molar-refractivity contribution in [2.24, 2.45) is 0 Å². The maximum absolute atomic E-state index is 13.6. The van der Waals surface area contributed by atoms with E-state index in [9.17, 15) is 22.4 Å². The summed E-state index contributed by atoms with van der Waals surface area (Å²) in [5.74, 6) is -1.57. The SMILES string of the molecule is CNC(=O)[C@H](C)N(Cc1ccc(Cl)cc1)C(=O)CN(c1ccc(F)cc1)S(=O)(=O)c1ccccc1. The highest BCUT2D eigenvalue weighted by atomic mass is 35.5. The molecule has 0 aliphatic rings. The lowest BCUT2D eigenvalue weighted by Crippen LogP contribution is -2.50. The molecule has 0 aromatic heterocycles. The van der Waals surface area contributed by atoms with Crippen LogP contribution in [0.1, 0.15) is 12.5 Å². The van der Waals surface area contributed by atoms with Crippen LogP contribution in [0.3, 0.4) is 0 Å². The van der Waals surface area contributed by atoms with Crippen molar-refractivity contribution in [1.29, 1.82) is 0 Å². The Morgan fingerprint density at radius 1 is 0.971 bits per heavy atom. The molecular weight excluding hydrogens is 493 g/mol. The van der Waals surface area contributed by atoms with Crippen LogP contribution >= 0.6 is 11.6 Å². The van der Waals surface area contributed by atoms with Gasteiger partial charge in [-0.25, -0.2) is 12.8 Å². The van der Waals surface area contributed by atoms with Crippen molar-refractivity contribution in [3.05, 3.63) is 95.3 Å². The van der Waals surface area contributed by atoms with E-state index in [2.05, 4.69) is 5.32 Å². The molecule has 0 aliphatic heterocycles. The second kappa shape index (κ2) is 11.3. The number of anilines is 1. The number of rotatable bonds is 9. The number of hydrogen-bond acceptors (Lipinski definition) is 4. The van der Waals surface area contributed by atoms with Gasteiger partial charge in [0.2, 0.25) is 11.8 Å². The predicted octanol–water partition coefficient (Wildman–Crippen LogP) is 3.84. The van der Waals surface area contributed by atoms with Crippen LogP contribution in [0.25, 0.3) is 0 Å². The summed E-state index contributed by atoms with van der Waals surface area (Å²) in [6.45, 7) is 1.01. The fraction of sp³-hybridized carbons (Fsp3) is 0.200. The van der Waals surface area contributed by atoms with E-state index >= 15 is 0 Å². The normalized spacial score (nSPS) is 12.0. The molecule has 0 radical (unpaired) electrons. The van der Waals surface area contributed by atoms with E-state index < -0.39 is 40.2 Å². The van der Waals surface area contributed by atoms with Crippen molar-refractivity contribution >= 4 is 39.1 Å². The topological polar surface area (TPSA) is 86.8 Å². The zero-order chi connectivity index (χ0) is 25.6. The Balaban J connectivity index is 2.00. The van der Waals surface area contributed by atoms with Crippen LogP contribution in [-0.2, 0) is 26.2 Å². The molecule has 1 N–H and O–H groups in total. The van der Waals surface area contributed by atoms with Gasteiger partial charge in [0.15, 0.2) is 0 Å². The minimum absolute atomic E-state index is 0.0271. The Bertz CT molecular complexity index is 1270. The summed E-state index contributed by atoms with van der Waals surface area (Å²) in [7, 11) is -2.73. The van der Waals surface area contributed by atoms with Crippen LogP contribution in [0.15, 0.2) is 83.8 Å². The van der Waals surface area contributed by atoms with E-state index in [4.69, 9.17) is 11.6 Å². The Morgan fingerprint density at radius 3 is 2.14 bits per heavy atom. The first-order valence-electron chi connectivity index (χ1n) is 10.7. The number of amides is 2. The third kappa shape index (κ3) is 6.37. The number of carbonyl (C=O) groups excluding carboxylic acids is 2. The van der Waals surface area contributed by atoms with Crippen molar-refractivity contribution in [2.75, 3.05) is 17.9 Å². The maximum Gasteiger partial charge on any atom is 0.264 e. The molecule has 10 heteroatoms. The van der Waals surface area contributed by atoms with Crippen molar-refractivity contribution < 1.29 is 22.4 Å². The van der Waals surface area contributed by atoms with E-state index in [1.54, 1.807) is 49.4 Å². The van der Waals surface area contributed by atoms with E-state index in [1.165, 1.54) is 36.2 Å². The van der Waals surface area contributed by atoms with Crippen molar-refractivity contribution in [2.45, 2.75) is 24.4 Å². The average molecular weight is 518 g/mol. The fourth-order valence-corrected chi connectivity index (χ4v) is 5.00. The molecule has 0 spiro atoms. The predicted molar refractivity (Wildman–Crippen MR) is 133 cm³/mol. The van der Waals surface area contributed by atoms with Crippen molar-refractivity contribution in [3.8, 4) is 0 Å². The molecule has 35 heavy (non-hydrogen) atoms. The van der Waals surface area contributed by atoms with E-state index in [0.29, 0.717) is 10.6 Å². The standard InChI is InChI=1S/C25H25ClFN3O4S/c1-18(25(32)28-2)29(16-19-8-10-20(26)11-9-19)24(31)17-30(22-14-12-21(27)13-15-22)35(33,34)23-6-4-3-5-7-23/h3-15,18H,16-17H2,1-2H3,(H,28,32)/t18-/m0/s1. The van der Waals surface area contributed by atoms with Gasteiger partial charge in [-0.05, 0) is 61.0 Å². The van der Waals surface area contributed by atoms with Gasteiger partial charge in [-0.2, -0.15) is 0 Å². The largest absolute Gasteiger partial charge is 0.357 e. The minimum Gasteiger partial charge on any atom is -0.357 e. The quantitative estimate of drug-likeness (QED) is 0.467. The molecule has 0 fully saturated rings. The molecular formula is C25H25ClFN3O4S. The number of hydrogen-bond donors (Lipinski definition) is 1. The summed E-state index contributed by atoms with van der Waals surface area (Å²) in [5, 5.41) is 3.03. The van der Waals surface area contributed by atoms with E-state index in [-0.39, 0.29) is 17.1 Å². The monoisotopic (exact) mass is 517 g/mol. The zero-order valence-corrected chi connectivity index (χ0v) is 20.8. The van der Waals surface area contributed by atoms with Gasteiger partial charge in [0.05, 0.1) is 10.6 Å². The van der Waals surface area contributed by atoms with Gasteiger partial charge in [0, 0.05) is 18.6 Å². The number of nitrogens with one attached hydrogen (secondary N) is 1. The number of carbonyl (C=O) groups is 2. The number of likely N-dealkylation sites (N-methyl/N-ethyl adjacent to an activating group) is 1. The van der Waals surface area contributed by atoms with Crippen molar-refractivity contribution in [3.63, 3.8) is 0 Å². The van der Waals surface area contributed by atoms with Crippen LogP contribution in [-0.4, -0.2) is 44.8 Å². The molecule has 3 rings (SSSR count). The molecule has 0 saturated carbocycles. The molecule has 7 nitrogen and oxygen atoms in total. The third-order valence-corrected chi connectivity index (χ3v) is 7.44. The van der Waals surface area contributed by atoms with Gasteiger partial charge >= 0.3 is 0 Å². The smallest absolute Gasteiger partial charge is 0.264 e. The van der Waals surface area contributed by atoms with Gasteiger partial charge < -0.3 is 10.2 Å². The molecule has 3 aromatic rings. The number of nitrogens with zero attached hydrogens (tertiary/aromatic N) is 2. The van der Waals surface area contributed by atoms with Gasteiger partial charge in [-0.3, -0.25) is 13.9 Å². The maximum atomic E-state index is 13.6. The Kier molecular flexibility index (Phi) is 8.48. The Labute approximate surface area is 209 Å². The summed E-state index contributed by atoms with van der Waals surface area (Å²) in [6.07, 6.45) is 0. The van der Waals surface area contributed by atoms with E-state index in [0.717, 1.165) is 16.4 Å². The molecule has 2 amide bonds. The third-order valence-electron chi connectivity index (χ3n) is 5.40. The molecule has 0 unspecified atom stereocenters. The highest BCUT2D eigenvalue weighted by molar-refractivity contribution is 7.92. The van der Waals surface area contributed by atoms with Crippen LogP contribution in [0.4, 0.5) is 10.1 Å². The Hall–Kier alpha value is -3.43. The molecule has 0 bridgehead atoms. The first-order chi connectivity index (χ1) is 16.6. The molecule has 0 aliphatic carbocycles. The summed E-state index contributed by atoms with van der Waals surface area (Å²) < 4.78 is 41.5. The van der Waals surface area contributed by atoms with Gasteiger partial charge in [0.1, 0.15) is 18.4 Å².